The average Bonchev–Trinajstić information content (AvgIpc) is 3.11. The number of rotatable bonds is 3. The van der Waals surface area contributed by atoms with Crippen molar-refractivity contribution in [3.05, 3.63) is 29.3 Å². The fourth-order valence-corrected chi connectivity index (χ4v) is 4.05. The van der Waals surface area contributed by atoms with E-state index in [1.807, 2.05) is 23.1 Å². The molecular weight excluding hydrogens is 298 g/mol. The second-order valence-electron chi connectivity index (χ2n) is 5.63. The van der Waals surface area contributed by atoms with Gasteiger partial charge in [0.25, 0.3) is 0 Å². The summed E-state index contributed by atoms with van der Waals surface area (Å²) in [6.45, 7) is 3.89. The van der Waals surface area contributed by atoms with Crippen molar-refractivity contribution in [2.24, 2.45) is 0 Å². The Morgan fingerprint density at radius 2 is 2.18 bits per heavy atom. The first-order valence-corrected chi connectivity index (χ1v) is 8.31. The van der Waals surface area contributed by atoms with E-state index < -0.39 is 6.04 Å². The average molecular weight is 317 g/mol. The summed E-state index contributed by atoms with van der Waals surface area (Å²) in [4.78, 5) is 30.3. The number of carbonyl (C=O) groups is 2. The molecule has 1 aromatic heterocycles. The van der Waals surface area contributed by atoms with Gasteiger partial charge in [-0.1, -0.05) is 12.1 Å². The topological polar surface area (TPSA) is 62.3 Å². The van der Waals surface area contributed by atoms with Crippen LogP contribution in [0.4, 0.5) is 0 Å². The summed E-state index contributed by atoms with van der Waals surface area (Å²) >= 11 is 1.65. The Labute approximate surface area is 133 Å². The summed E-state index contributed by atoms with van der Waals surface area (Å²) < 4.78 is 1.15. The quantitative estimate of drug-likeness (QED) is 0.946. The minimum Gasteiger partial charge on any atom is -0.345 e. The number of thiazole rings is 1. The summed E-state index contributed by atoms with van der Waals surface area (Å²) in [7, 11) is 0. The van der Waals surface area contributed by atoms with Crippen LogP contribution in [0.15, 0.2) is 24.3 Å². The van der Waals surface area contributed by atoms with Crippen LogP contribution >= 0.6 is 11.3 Å². The van der Waals surface area contributed by atoms with Crippen LogP contribution in [0.1, 0.15) is 37.7 Å². The van der Waals surface area contributed by atoms with Gasteiger partial charge in [-0.3, -0.25) is 9.59 Å². The number of amides is 2. The largest absolute Gasteiger partial charge is 0.345 e. The molecule has 116 valence electrons. The highest BCUT2D eigenvalue weighted by molar-refractivity contribution is 7.18. The van der Waals surface area contributed by atoms with Crippen LogP contribution in [-0.2, 0) is 9.59 Å². The first-order chi connectivity index (χ1) is 10.6. The van der Waals surface area contributed by atoms with Gasteiger partial charge < -0.3 is 10.2 Å². The third kappa shape index (κ3) is 2.83. The summed E-state index contributed by atoms with van der Waals surface area (Å²) in [5.74, 6) is -0.214. The number of nitrogens with zero attached hydrogens (tertiary/aromatic N) is 2. The van der Waals surface area contributed by atoms with Crippen molar-refractivity contribution in [1.82, 2.24) is 15.2 Å². The van der Waals surface area contributed by atoms with Crippen LogP contribution in [0.5, 0.6) is 0 Å². The number of likely N-dealkylation sites (tertiary alicyclic amines) is 1. The Hall–Kier alpha value is -1.95. The molecule has 0 saturated carbocycles. The summed E-state index contributed by atoms with van der Waals surface area (Å²) in [6.07, 6.45) is 1.90. The molecule has 2 atom stereocenters. The maximum absolute atomic E-state index is 12.6. The maximum atomic E-state index is 12.6. The second kappa shape index (κ2) is 6.04. The van der Waals surface area contributed by atoms with Gasteiger partial charge in [0, 0.05) is 13.5 Å². The van der Waals surface area contributed by atoms with E-state index in [2.05, 4.69) is 16.4 Å². The normalized spacial score (nSPS) is 19.4. The number of hydrogen-bond acceptors (Lipinski definition) is 4. The molecule has 0 radical (unpaired) electrons. The molecule has 2 aromatic rings. The number of aromatic nitrogens is 1. The number of para-hydroxylation sites is 1. The molecule has 6 heteroatoms. The molecule has 22 heavy (non-hydrogen) atoms. The molecule has 2 unspecified atom stereocenters. The molecule has 0 spiro atoms. The van der Waals surface area contributed by atoms with Crippen LogP contribution in [0, 0.1) is 0 Å². The first-order valence-electron chi connectivity index (χ1n) is 7.49. The molecule has 1 fully saturated rings. The predicted molar refractivity (Wildman–Crippen MR) is 86.6 cm³/mol. The zero-order valence-corrected chi connectivity index (χ0v) is 13.5. The van der Waals surface area contributed by atoms with E-state index in [1.165, 1.54) is 6.92 Å². The van der Waals surface area contributed by atoms with E-state index in [1.54, 1.807) is 18.3 Å². The third-order valence-corrected chi connectivity index (χ3v) is 5.06. The minimum atomic E-state index is -0.493. The van der Waals surface area contributed by atoms with E-state index in [4.69, 9.17) is 0 Å². The van der Waals surface area contributed by atoms with Crippen LogP contribution in [0.2, 0.25) is 0 Å². The van der Waals surface area contributed by atoms with Crippen molar-refractivity contribution < 1.29 is 9.59 Å². The van der Waals surface area contributed by atoms with Crippen molar-refractivity contribution in [1.29, 1.82) is 0 Å². The van der Waals surface area contributed by atoms with Gasteiger partial charge in [0.05, 0.1) is 16.3 Å². The lowest BCUT2D eigenvalue weighted by molar-refractivity contribution is -0.136. The Balaban J connectivity index is 1.83. The van der Waals surface area contributed by atoms with Crippen molar-refractivity contribution in [3.8, 4) is 0 Å². The lowest BCUT2D eigenvalue weighted by Gasteiger charge is -2.26. The number of hydrogen-bond donors (Lipinski definition) is 1. The Morgan fingerprint density at radius 1 is 1.41 bits per heavy atom. The second-order valence-corrected chi connectivity index (χ2v) is 6.69. The van der Waals surface area contributed by atoms with Gasteiger partial charge in [0.2, 0.25) is 11.8 Å². The smallest absolute Gasteiger partial charge is 0.245 e. The highest BCUT2D eigenvalue weighted by Crippen LogP contribution is 2.36. The zero-order chi connectivity index (χ0) is 15.7. The van der Waals surface area contributed by atoms with Gasteiger partial charge >= 0.3 is 0 Å². The first kappa shape index (κ1) is 15.0. The highest BCUT2D eigenvalue weighted by Gasteiger charge is 2.34. The highest BCUT2D eigenvalue weighted by atomic mass is 32.1. The Morgan fingerprint density at radius 3 is 2.91 bits per heavy atom. The molecule has 1 saturated heterocycles. The van der Waals surface area contributed by atoms with Crippen LogP contribution in [0.25, 0.3) is 10.2 Å². The summed E-state index contributed by atoms with van der Waals surface area (Å²) in [5, 5.41) is 3.66. The molecule has 2 heterocycles. The van der Waals surface area contributed by atoms with Crippen LogP contribution in [0.3, 0.4) is 0 Å². The third-order valence-electron chi connectivity index (χ3n) is 3.92. The van der Waals surface area contributed by atoms with E-state index in [0.717, 1.165) is 34.6 Å². The molecule has 1 aromatic carbocycles. The van der Waals surface area contributed by atoms with Crippen LogP contribution < -0.4 is 5.32 Å². The van der Waals surface area contributed by atoms with Gasteiger partial charge in [-0.15, -0.1) is 11.3 Å². The van der Waals surface area contributed by atoms with E-state index in [9.17, 15) is 9.59 Å². The molecule has 1 aliphatic rings. The van der Waals surface area contributed by atoms with Crippen molar-refractivity contribution in [3.63, 3.8) is 0 Å². The van der Waals surface area contributed by atoms with Crippen molar-refractivity contribution in [2.45, 2.75) is 38.8 Å². The standard InChI is InChI=1S/C16H19N3O2S/c1-10(17-11(2)20)16(21)19-9-5-7-13(19)15-18-12-6-3-4-8-14(12)22-15/h3-4,6,8,10,13H,5,7,9H2,1-2H3,(H,17,20). The SMILES string of the molecule is CC(=O)NC(C)C(=O)N1CCCC1c1nc2ccccc2s1. The molecular formula is C16H19N3O2S. The Bertz CT molecular complexity index is 679. The zero-order valence-electron chi connectivity index (χ0n) is 12.7. The predicted octanol–water partition coefficient (Wildman–Crippen LogP) is 2.48. The van der Waals surface area contributed by atoms with Crippen molar-refractivity contribution >= 4 is 33.4 Å². The molecule has 5 nitrogen and oxygen atoms in total. The fourth-order valence-electron chi connectivity index (χ4n) is 2.94. The van der Waals surface area contributed by atoms with E-state index in [-0.39, 0.29) is 17.9 Å². The molecule has 2 amide bonds. The maximum Gasteiger partial charge on any atom is 0.245 e. The fraction of sp³-hybridized carbons (Fsp3) is 0.438. The molecule has 0 aliphatic carbocycles. The van der Waals surface area contributed by atoms with Crippen LogP contribution in [-0.4, -0.2) is 34.3 Å². The van der Waals surface area contributed by atoms with Gasteiger partial charge in [0.15, 0.2) is 0 Å². The van der Waals surface area contributed by atoms with Gasteiger partial charge in [-0.25, -0.2) is 4.98 Å². The lowest BCUT2D eigenvalue weighted by Crippen LogP contribution is -2.46. The van der Waals surface area contributed by atoms with Gasteiger partial charge in [-0.05, 0) is 31.9 Å². The number of fused-ring (bicyclic) bond motifs is 1. The monoisotopic (exact) mass is 317 g/mol. The molecule has 1 N–H and O–H groups in total. The molecule has 1 aliphatic heterocycles. The van der Waals surface area contributed by atoms with Crippen molar-refractivity contribution in [2.75, 3.05) is 6.54 Å². The molecule has 3 rings (SSSR count). The van der Waals surface area contributed by atoms with E-state index >= 15 is 0 Å². The van der Waals surface area contributed by atoms with Gasteiger partial charge in [-0.2, -0.15) is 0 Å². The molecule has 0 bridgehead atoms. The Kier molecular flexibility index (Phi) is 4.11. The summed E-state index contributed by atoms with van der Waals surface area (Å²) in [6, 6.07) is 7.56. The minimum absolute atomic E-state index is 0.0288. The number of benzene rings is 1. The van der Waals surface area contributed by atoms with Gasteiger partial charge in [0.1, 0.15) is 11.0 Å². The number of nitrogens with one attached hydrogen (secondary N) is 1. The summed E-state index contributed by atoms with van der Waals surface area (Å²) in [5.41, 5.74) is 0.983. The van der Waals surface area contributed by atoms with E-state index in [0.29, 0.717) is 0 Å². The lowest BCUT2D eigenvalue weighted by atomic mass is 10.2. The number of carbonyl (C=O) groups excluding carboxylic acids is 2.